The summed E-state index contributed by atoms with van der Waals surface area (Å²) in [5, 5.41) is 0.252. The molecular formula is C14H18ClN3O2. The summed E-state index contributed by atoms with van der Waals surface area (Å²) in [7, 11) is 0. The second-order valence-electron chi connectivity index (χ2n) is 5.36. The zero-order chi connectivity index (χ0) is 14.1. The lowest BCUT2D eigenvalue weighted by molar-refractivity contribution is -0.0752. The third-order valence-corrected chi connectivity index (χ3v) is 4.25. The third kappa shape index (κ3) is 2.60. The van der Waals surface area contributed by atoms with E-state index in [-0.39, 0.29) is 29.0 Å². The molecule has 0 aromatic carbocycles. The molecule has 1 aliphatic carbocycles. The first-order valence-corrected chi connectivity index (χ1v) is 7.38. The summed E-state index contributed by atoms with van der Waals surface area (Å²) in [6, 6.07) is 3.34. The maximum Gasteiger partial charge on any atom is 0.254 e. The molecule has 2 unspecified atom stereocenters. The molecule has 0 spiro atoms. The van der Waals surface area contributed by atoms with Gasteiger partial charge in [-0.05, 0) is 25.0 Å². The summed E-state index contributed by atoms with van der Waals surface area (Å²) < 4.78 is 5.79. The lowest BCUT2D eigenvalue weighted by atomic mass is 9.90. The minimum Gasteiger partial charge on any atom is -0.384 e. The number of anilines is 1. The Kier molecular flexibility index (Phi) is 3.81. The number of morpholine rings is 1. The van der Waals surface area contributed by atoms with Crippen LogP contribution in [0.15, 0.2) is 12.1 Å². The van der Waals surface area contributed by atoms with Crippen LogP contribution in [0.1, 0.15) is 36.0 Å². The molecule has 1 aromatic heterocycles. The number of ether oxygens (including phenoxy) is 1. The van der Waals surface area contributed by atoms with E-state index in [1.54, 1.807) is 12.1 Å². The van der Waals surface area contributed by atoms with Crippen molar-refractivity contribution in [2.75, 3.05) is 18.9 Å². The Labute approximate surface area is 123 Å². The fraction of sp³-hybridized carbons (Fsp3) is 0.571. The fourth-order valence-electron chi connectivity index (χ4n) is 3.16. The Hall–Kier alpha value is -1.33. The average molecular weight is 296 g/mol. The van der Waals surface area contributed by atoms with Crippen molar-refractivity contribution >= 4 is 23.3 Å². The first-order chi connectivity index (χ1) is 9.65. The number of carbonyl (C=O) groups excluding carboxylic acids is 1. The highest BCUT2D eigenvalue weighted by atomic mass is 35.5. The van der Waals surface area contributed by atoms with Gasteiger partial charge in [0.2, 0.25) is 0 Å². The second kappa shape index (κ2) is 5.58. The summed E-state index contributed by atoms with van der Waals surface area (Å²) in [6.45, 7) is 1.22. The van der Waals surface area contributed by atoms with Crippen LogP contribution in [0.4, 0.5) is 5.82 Å². The summed E-state index contributed by atoms with van der Waals surface area (Å²) in [6.07, 6.45) is 4.54. The van der Waals surface area contributed by atoms with Crippen LogP contribution in [0.3, 0.4) is 0 Å². The Morgan fingerprint density at radius 2 is 2.20 bits per heavy atom. The van der Waals surface area contributed by atoms with Crippen LogP contribution < -0.4 is 5.73 Å². The summed E-state index contributed by atoms with van der Waals surface area (Å²) >= 11 is 5.88. The molecular weight excluding hydrogens is 278 g/mol. The van der Waals surface area contributed by atoms with Gasteiger partial charge in [0.05, 0.1) is 18.8 Å². The van der Waals surface area contributed by atoms with Gasteiger partial charge in [0.15, 0.2) is 0 Å². The summed E-state index contributed by atoms with van der Waals surface area (Å²) in [5.74, 6) is 0.246. The van der Waals surface area contributed by atoms with Gasteiger partial charge in [0.1, 0.15) is 11.0 Å². The molecule has 1 amide bonds. The van der Waals surface area contributed by atoms with Crippen molar-refractivity contribution in [3.05, 3.63) is 22.8 Å². The van der Waals surface area contributed by atoms with Crippen LogP contribution in [-0.2, 0) is 4.74 Å². The van der Waals surface area contributed by atoms with Crippen molar-refractivity contribution in [1.82, 2.24) is 9.88 Å². The maximum atomic E-state index is 12.7. The molecule has 1 aliphatic heterocycles. The van der Waals surface area contributed by atoms with Crippen molar-refractivity contribution in [3.8, 4) is 0 Å². The van der Waals surface area contributed by atoms with Crippen LogP contribution in [0.25, 0.3) is 0 Å². The van der Waals surface area contributed by atoms with Crippen LogP contribution in [0.5, 0.6) is 0 Å². The van der Waals surface area contributed by atoms with E-state index in [9.17, 15) is 4.79 Å². The molecule has 5 nitrogen and oxygen atoms in total. The molecule has 20 heavy (non-hydrogen) atoms. The highest BCUT2D eigenvalue weighted by Gasteiger charge is 2.37. The summed E-state index contributed by atoms with van der Waals surface area (Å²) in [5.41, 5.74) is 6.18. The maximum absolute atomic E-state index is 12.7. The predicted octanol–water partition coefficient (Wildman–Crippen LogP) is 2.10. The lowest BCUT2D eigenvalue weighted by Gasteiger charge is -2.43. The molecule has 0 bridgehead atoms. The minimum atomic E-state index is -0.0267. The van der Waals surface area contributed by atoms with Gasteiger partial charge in [-0.15, -0.1) is 0 Å². The second-order valence-corrected chi connectivity index (χ2v) is 5.75. The first-order valence-electron chi connectivity index (χ1n) is 7.01. The molecule has 108 valence electrons. The Morgan fingerprint density at radius 3 is 3.00 bits per heavy atom. The molecule has 2 aliphatic rings. The van der Waals surface area contributed by atoms with Gasteiger partial charge in [-0.1, -0.05) is 24.4 Å². The van der Waals surface area contributed by atoms with Crippen molar-refractivity contribution in [2.24, 2.45) is 0 Å². The highest BCUT2D eigenvalue weighted by Crippen LogP contribution is 2.29. The molecule has 1 saturated carbocycles. The number of rotatable bonds is 1. The van der Waals surface area contributed by atoms with E-state index < -0.39 is 0 Å². The monoisotopic (exact) mass is 295 g/mol. The topological polar surface area (TPSA) is 68.5 Å². The highest BCUT2D eigenvalue weighted by molar-refractivity contribution is 6.29. The van der Waals surface area contributed by atoms with Gasteiger partial charge in [-0.25, -0.2) is 4.98 Å². The molecule has 0 radical (unpaired) electrons. The molecule has 3 rings (SSSR count). The van der Waals surface area contributed by atoms with Crippen molar-refractivity contribution in [1.29, 1.82) is 0 Å². The smallest absolute Gasteiger partial charge is 0.254 e. The normalized spacial score (nSPS) is 26.1. The van der Waals surface area contributed by atoms with Gasteiger partial charge >= 0.3 is 0 Å². The van der Waals surface area contributed by atoms with Gasteiger partial charge in [-0.3, -0.25) is 4.79 Å². The van der Waals surface area contributed by atoms with Crippen molar-refractivity contribution in [3.63, 3.8) is 0 Å². The SMILES string of the molecule is Nc1cc(C(=O)N2CCOC3CCCCC32)cc(Cl)n1. The van der Waals surface area contributed by atoms with Crippen molar-refractivity contribution in [2.45, 2.75) is 37.8 Å². The first kappa shape index (κ1) is 13.6. The van der Waals surface area contributed by atoms with Crippen LogP contribution in [0, 0.1) is 0 Å². The number of pyridine rings is 1. The molecule has 6 heteroatoms. The molecule has 1 saturated heterocycles. The molecule has 2 atom stereocenters. The molecule has 2 N–H and O–H groups in total. The van der Waals surface area contributed by atoms with Gasteiger partial charge < -0.3 is 15.4 Å². The Balaban J connectivity index is 1.84. The van der Waals surface area contributed by atoms with Gasteiger partial charge in [0.25, 0.3) is 5.91 Å². The van der Waals surface area contributed by atoms with Crippen LogP contribution in [-0.4, -0.2) is 41.1 Å². The number of hydrogen-bond donors (Lipinski definition) is 1. The summed E-state index contributed by atoms with van der Waals surface area (Å²) in [4.78, 5) is 18.5. The number of aromatic nitrogens is 1. The van der Waals surface area contributed by atoms with Crippen LogP contribution in [0.2, 0.25) is 5.15 Å². The van der Waals surface area contributed by atoms with E-state index >= 15 is 0 Å². The van der Waals surface area contributed by atoms with E-state index in [4.69, 9.17) is 22.1 Å². The zero-order valence-corrected chi connectivity index (χ0v) is 12.0. The quantitative estimate of drug-likeness (QED) is 0.806. The molecule has 1 aromatic rings. The number of fused-ring (bicyclic) bond motifs is 1. The van der Waals surface area contributed by atoms with Crippen molar-refractivity contribution < 1.29 is 9.53 Å². The number of nitrogens with zero attached hydrogens (tertiary/aromatic N) is 2. The molecule has 2 heterocycles. The number of halogens is 1. The van der Waals surface area contributed by atoms with E-state index in [2.05, 4.69) is 4.98 Å². The van der Waals surface area contributed by atoms with Gasteiger partial charge in [0, 0.05) is 12.1 Å². The largest absolute Gasteiger partial charge is 0.384 e. The predicted molar refractivity (Wildman–Crippen MR) is 76.7 cm³/mol. The standard InChI is InChI=1S/C14H18ClN3O2/c15-12-7-9(8-13(16)17-12)14(19)18-5-6-20-11-4-2-1-3-10(11)18/h7-8,10-11H,1-6H2,(H2,16,17). The number of amides is 1. The molecule has 2 fully saturated rings. The average Bonchev–Trinajstić information content (AvgIpc) is 2.45. The minimum absolute atomic E-state index is 0.0267. The van der Waals surface area contributed by atoms with Crippen LogP contribution >= 0.6 is 11.6 Å². The number of hydrogen-bond acceptors (Lipinski definition) is 4. The number of carbonyl (C=O) groups is 1. The van der Waals surface area contributed by atoms with E-state index in [0.29, 0.717) is 18.7 Å². The third-order valence-electron chi connectivity index (χ3n) is 4.05. The number of nitrogen functional groups attached to an aromatic ring is 1. The Morgan fingerprint density at radius 1 is 1.40 bits per heavy atom. The lowest BCUT2D eigenvalue weighted by Crippen LogP contribution is -2.54. The zero-order valence-electron chi connectivity index (χ0n) is 11.2. The number of nitrogens with two attached hydrogens (primary N) is 1. The van der Waals surface area contributed by atoms with E-state index in [1.807, 2.05) is 4.90 Å². The van der Waals surface area contributed by atoms with E-state index in [0.717, 1.165) is 19.3 Å². The fourth-order valence-corrected chi connectivity index (χ4v) is 3.37. The Bertz CT molecular complexity index is 501. The van der Waals surface area contributed by atoms with E-state index in [1.165, 1.54) is 6.42 Å². The van der Waals surface area contributed by atoms with Gasteiger partial charge in [-0.2, -0.15) is 0 Å².